The highest BCUT2D eigenvalue weighted by Gasteiger charge is 2.51. The summed E-state index contributed by atoms with van der Waals surface area (Å²) in [5.74, 6) is -0.698. The van der Waals surface area contributed by atoms with Gasteiger partial charge in [0.2, 0.25) is 11.8 Å². The second kappa shape index (κ2) is 8.01. The van der Waals surface area contributed by atoms with Gasteiger partial charge in [0.1, 0.15) is 30.2 Å². The maximum atomic E-state index is 14.2. The van der Waals surface area contributed by atoms with Crippen LogP contribution in [0.4, 0.5) is 10.2 Å². The molecule has 2 aromatic heterocycles. The molecule has 2 bridgehead atoms. The van der Waals surface area contributed by atoms with E-state index in [1.54, 1.807) is 21.6 Å². The number of aromatic nitrogens is 4. The number of nitrogens with two attached hydrogens (primary N) is 1. The van der Waals surface area contributed by atoms with E-state index in [4.69, 9.17) is 17.3 Å². The van der Waals surface area contributed by atoms with E-state index in [9.17, 15) is 14.0 Å². The first kappa shape index (κ1) is 20.6. The van der Waals surface area contributed by atoms with Crippen molar-refractivity contribution in [2.75, 3.05) is 5.73 Å². The van der Waals surface area contributed by atoms with Crippen molar-refractivity contribution in [2.24, 2.45) is 5.92 Å². The summed E-state index contributed by atoms with van der Waals surface area (Å²) < 4.78 is 15.8. The summed E-state index contributed by atoms with van der Waals surface area (Å²) >= 11 is 5.83. The molecule has 11 heteroatoms. The predicted octanol–water partition coefficient (Wildman–Crippen LogP) is 1.90. The zero-order chi connectivity index (χ0) is 22.4. The Balaban J connectivity index is 1.33. The summed E-state index contributed by atoms with van der Waals surface area (Å²) in [5.41, 5.74) is 7.02. The highest BCUT2D eigenvalue weighted by Crippen LogP contribution is 2.42. The van der Waals surface area contributed by atoms with Gasteiger partial charge in [0.15, 0.2) is 11.5 Å². The summed E-state index contributed by atoms with van der Waals surface area (Å²) in [6.07, 6.45) is 5.36. The molecular formula is C21H21ClFN7O2. The molecule has 1 saturated carbocycles. The topological polar surface area (TPSA) is 119 Å². The van der Waals surface area contributed by atoms with Crippen molar-refractivity contribution in [1.29, 1.82) is 0 Å². The van der Waals surface area contributed by atoms with Crippen molar-refractivity contribution >= 4 is 40.4 Å². The van der Waals surface area contributed by atoms with E-state index < -0.39 is 11.9 Å². The SMILES string of the molecule is Nc1ncnc2c1ncn2CC(=O)N1[C@@H]2CC[C@@H](C2)[C@H]1C(=O)NCc1cccc(Cl)c1F. The lowest BCUT2D eigenvalue weighted by molar-refractivity contribution is -0.143. The number of nitrogen functional groups attached to an aromatic ring is 1. The van der Waals surface area contributed by atoms with Crippen molar-refractivity contribution in [3.8, 4) is 0 Å². The van der Waals surface area contributed by atoms with Gasteiger partial charge in [-0.05, 0) is 31.2 Å². The van der Waals surface area contributed by atoms with E-state index in [1.807, 2.05) is 0 Å². The van der Waals surface area contributed by atoms with Crippen molar-refractivity contribution in [2.45, 2.75) is 44.4 Å². The Morgan fingerprint density at radius 3 is 2.94 bits per heavy atom. The second-order valence-corrected chi connectivity index (χ2v) is 8.61. The van der Waals surface area contributed by atoms with Crippen molar-refractivity contribution < 1.29 is 14.0 Å². The number of nitrogens with zero attached hydrogens (tertiary/aromatic N) is 5. The smallest absolute Gasteiger partial charge is 0.243 e. The van der Waals surface area contributed by atoms with E-state index in [-0.39, 0.29) is 47.7 Å². The maximum absolute atomic E-state index is 14.2. The summed E-state index contributed by atoms with van der Waals surface area (Å²) in [4.78, 5) is 40.3. The number of halogens is 2. The lowest BCUT2D eigenvalue weighted by Gasteiger charge is -2.34. The van der Waals surface area contributed by atoms with Crippen LogP contribution in [0.15, 0.2) is 30.9 Å². The molecule has 1 saturated heterocycles. The van der Waals surface area contributed by atoms with Gasteiger partial charge in [-0.2, -0.15) is 0 Å². The van der Waals surface area contributed by atoms with Gasteiger partial charge in [0.25, 0.3) is 0 Å². The lowest BCUT2D eigenvalue weighted by atomic mass is 9.97. The van der Waals surface area contributed by atoms with E-state index in [2.05, 4.69) is 20.3 Å². The molecule has 2 aliphatic rings. The number of carbonyl (C=O) groups excluding carboxylic acids is 2. The first-order chi connectivity index (χ1) is 15.4. The van der Waals surface area contributed by atoms with E-state index in [0.29, 0.717) is 16.7 Å². The number of hydrogen-bond donors (Lipinski definition) is 2. The molecule has 1 aliphatic heterocycles. The standard InChI is InChI=1S/C21H21ClFN7O2/c22-14-3-1-2-12(16(14)23)7-25-21(32)18-11-4-5-13(6-11)30(18)15(31)8-29-10-28-17-19(24)26-9-27-20(17)29/h1-3,9-11,13,18H,4-8H2,(H,25,32)(H2,24,26,27)/t11-,13+,18-/m0/s1. The molecule has 3 atom stereocenters. The number of carbonyl (C=O) groups is 2. The average molecular weight is 458 g/mol. The zero-order valence-electron chi connectivity index (χ0n) is 17.0. The van der Waals surface area contributed by atoms with Crippen LogP contribution in [0.2, 0.25) is 5.02 Å². The van der Waals surface area contributed by atoms with E-state index in [1.165, 1.54) is 18.7 Å². The zero-order valence-corrected chi connectivity index (χ0v) is 17.8. The summed E-state index contributed by atoms with van der Waals surface area (Å²) in [6, 6.07) is 4.09. The number of imidazole rings is 1. The quantitative estimate of drug-likeness (QED) is 0.604. The fourth-order valence-corrected chi connectivity index (χ4v) is 5.09. The molecule has 2 amide bonds. The Bertz CT molecular complexity index is 1220. The van der Waals surface area contributed by atoms with Crippen molar-refractivity contribution in [1.82, 2.24) is 29.7 Å². The fourth-order valence-electron chi connectivity index (χ4n) is 4.90. The number of piperidine rings is 1. The van der Waals surface area contributed by atoms with Crippen LogP contribution in [0.25, 0.3) is 11.2 Å². The van der Waals surface area contributed by atoms with Gasteiger partial charge in [0.05, 0.1) is 11.3 Å². The first-order valence-corrected chi connectivity index (χ1v) is 10.7. The predicted molar refractivity (Wildman–Crippen MR) is 115 cm³/mol. The summed E-state index contributed by atoms with van der Waals surface area (Å²) in [5, 5.41) is 2.79. The molecule has 3 aromatic rings. The molecule has 32 heavy (non-hydrogen) atoms. The van der Waals surface area contributed by atoms with Gasteiger partial charge in [0, 0.05) is 18.2 Å². The summed E-state index contributed by atoms with van der Waals surface area (Å²) in [7, 11) is 0. The Morgan fingerprint density at radius 2 is 2.09 bits per heavy atom. The second-order valence-electron chi connectivity index (χ2n) is 8.21. The minimum absolute atomic E-state index is 0.00347. The number of likely N-dealkylation sites (tertiary alicyclic amines) is 1. The number of rotatable bonds is 5. The van der Waals surface area contributed by atoms with Crippen LogP contribution in [0.1, 0.15) is 24.8 Å². The number of nitrogens with one attached hydrogen (secondary N) is 1. The number of anilines is 1. The molecule has 0 radical (unpaired) electrons. The van der Waals surface area contributed by atoms with Crippen LogP contribution in [0.3, 0.4) is 0 Å². The van der Waals surface area contributed by atoms with Gasteiger partial charge >= 0.3 is 0 Å². The fraction of sp³-hybridized carbons (Fsp3) is 0.381. The average Bonchev–Trinajstić information content (AvgIpc) is 3.50. The molecule has 1 aliphatic carbocycles. The molecule has 3 N–H and O–H groups in total. The molecule has 2 fully saturated rings. The van der Waals surface area contributed by atoms with Crippen LogP contribution in [-0.4, -0.2) is 48.3 Å². The Morgan fingerprint density at radius 1 is 1.25 bits per heavy atom. The number of fused-ring (bicyclic) bond motifs is 3. The number of benzene rings is 1. The first-order valence-electron chi connectivity index (χ1n) is 10.4. The molecule has 9 nitrogen and oxygen atoms in total. The molecule has 0 spiro atoms. The minimum Gasteiger partial charge on any atom is -0.382 e. The normalized spacial score (nSPS) is 21.9. The molecule has 3 heterocycles. The van der Waals surface area contributed by atoms with Crippen LogP contribution in [0.5, 0.6) is 0 Å². The lowest BCUT2D eigenvalue weighted by Crippen LogP contribution is -2.53. The molecule has 1 aromatic carbocycles. The van der Waals surface area contributed by atoms with Crippen LogP contribution in [-0.2, 0) is 22.7 Å². The monoisotopic (exact) mass is 457 g/mol. The minimum atomic E-state index is -0.585. The number of hydrogen-bond acceptors (Lipinski definition) is 6. The Labute approximate surface area is 187 Å². The Kier molecular flexibility index (Phi) is 5.16. The van der Waals surface area contributed by atoms with Crippen LogP contribution >= 0.6 is 11.6 Å². The van der Waals surface area contributed by atoms with Crippen molar-refractivity contribution in [3.05, 3.63) is 47.3 Å². The Hall–Kier alpha value is -3.27. The van der Waals surface area contributed by atoms with Gasteiger partial charge in [-0.1, -0.05) is 23.7 Å². The van der Waals surface area contributed by atoms with Crippen molar-refractivity contribution in [3.63, 3.8) is 0 Å². The third-order valence-electron chi connectivity index (χ3n) is 6.36. The molecular weight excluding hydrogens is 437 g/mol. The van der Waals surface area contributed by atoms with E-state index >= 15 is 0 Å². The third-order valence-corrected chi connectivity index (χ3v) is 6.65. The largest absolute Gasteiger partial charge is 0.382 e. The summed E-state index contributed by atoms with van der Waals surface area (Å²) in [6.45, 7) is -0.00757. The highest BCUT2D eigenvalue weighted by molar-refractivity contribution is 6.30. The highest BCUT2D eigenvalue weighted by atomic mass is 35.5. The van der Waals surface area contributed by atoms with Gasteiger partial charge in [-0.25, -0.2) is 19.3 Å². The molecule has 0 unspecified atom stereocenters. The molecule has 166 valence electrons. The van der Waals surface area contributed by atoms with Gasteiger partial charge < -0.3 is 20.5 Å². The van der Waals surface area contributed by atoms with Crippen LogP contribution < -0.4 is 11.1 Å². The van der Waals surface area contributed by atoms with Gasteiger partial charge in [-0.3, -0.25) is 9.59 Å². The van der Waals surface area contributed by atoms with Gasteiger partial charge in [-0.15, -0.1) is 0 Å². The molecule has 5 rings (SSSR count). The maximum Gasteiger partial charge on any atom is 0.243 e. The third kappa shape index (κ3) is 3.44. The number of amides is 2. The van der Waals surface area contributed by atoms with E-state index in [0.717, 1.165) is 19.3 Å². The van der Waals surface area contributed by atoms with Crippen LogP contribution in [0, 0.1) is 11.7 Å².